The summed E-state index contributed by atoms with van der Waals surface area (Å²) in [7, 11) is 3.51. The number of carbonyl (C=O) groups is 3. The molecule has 2 aromatic rings. The van der Waals surface area contributed by atoms with Crippen LogP contribution >= 0.6 is 0 Å². The Morgan fingerprint density at radius 3 is 1.04 bits per heavy atom. The summed E-state index contributed by atoms with van der Waals surface area (Å²) >= 11 is 0. The quantitative estimate of drug-likeness (QED) is 0.566. The maximum absolute atomic E-state index is 10.0. The Morgan fingerprint density at radius 2 is 0.929 bits per heavy atom. The Morgan fingerprint density at radius 1 is 0.679 bits per heavy atom. The predicted molar refractivity (Wildman–Crippen MR) is 114 cm³/mol. The number of hydrogen-bond donors (Lipinski definition) is 1. The smallest absolute Gasteiger partial charge is 0.438 e. The maximum Gasteiger partial charge on any atom is 0.507 e. The number of aldehydes is 2. The second kappa shape index (κ2) is 31.7. The van der Waals surface area contributed by atoms with Crippen LogP contribution in [0.1, 0.15) is 48.4 Å². The fourth-order valence-electron chi connectivity index (χ4n) is 1.15. The lowest BCUT2D eigenvalue weighted by molar-refractivity contribution is 0.0923. The molecule has 0 bridgehead atoms. The SMILES string of the molecule is CC.CC.CO.COC(=O)OC.O=Cc1ccccc1.O=Cc1ccccc1. The molecule has 0 radical (unpaired) electrons. The van der Waals surface area contributed by atoms with Crippen molar-refractivity contribution in [2.45, 2.75) is 27.7 Å². The molecule has 0 saturated heterocycles. The summed E-state index contributed by atoms with van der Waals surface area (Å²) < 4.78 is 8.08. The van der Waals surface area contributed by atoms with Crippen LogP contribution in [-0.2, 0) is 9.47 Å². The zero-order valence-corrected chi connectivity index (χ0v) is 17.9. The van der Waals surface area contributed by atoms with E-state index in [1.165, 1.54) is 14.2 Å². The van der Waals surface area contributed by atoms with Crippen molar-refractivity contribution in [3.8, 4) is 0 Å². The van der Waals surface area contributed by atoms with Gasteiger partial charge >= 0.3 is 6.16 Å². The lowest BCUT2D eigenvalue weighted by Crippen LogP contribution is -1.97. The average Bonchev–Trinajstić information content (AvgIpc) is 2.84. The summed E-state index contributed by atoms with van der Waals surface area (Å²) in [4.78, 5) is 29.7. The lowest BCUT2D eigenvalue weighted by Gasteiger charge is -1.89. The third-order valence-corrected chi connectivity index (χ3v) is 2.20. The Kier molecular flexibility index (Phi) is 37.0. The molecule has 0 unspecified atom stereocenters. The van der Waals surface area contributed by atoms with Gasteiger partial charge in [0.25, 0.3) is 0 Å². The van der Waals surface area contributed by atoms with Crippen LogP contribution < -0.4 is 0 Å². The minimum Gasteiger partial charge on any atom is -0.438 e. The number of ether oxygens (including phenoxy) is 2. The first-order chi connectivity index (χ1) is 13.7. The maximum atomic E-state index is 10.0. The molecule has 0 aliphatic carbocycles. The number of aliphatic hydroxyl groups excluding tert-OH is 1. The van der Waals surface area contributed by atoms with Gasteiger partial charge in [-0.3, -0.25) is 9.59 Å². The summed E-state index contributed by atoms with van der Waals surface area (Å²) in [5, 5.41) is 7.00. The highest BCUT2D eigenvalue weighted by atomic mass is 16.7. The van der Waals surface area contributed by atoms with Gasteiger partial charge in [0.15, 0.2) is 0 Å². The van der Waals surface area contributed by atoms with Crippen molar-refractivity contribution >= 4 is 18.7 Å². The molecular formula is C22H34O6. The van der Waals surface area contributed by atoms with E-state index in [-0.39, 0.29) is 0 Å². The van der Waals surface area contributed by atoms with Gasteiger partial charge in [-0.15, -0.1) is 0 Å². The summed E-state index contributed by atoms with van der Waals surface area (Å²) in [6, 6.07) is 18.2. The number of benzene rings is 2. The molecule has 0 fully saturated rings. The minimum absolute atomic E-state index is 0.657. The minimum atomic E-state index is -0.657. The Bertz CT molecular complexity index is 492. The summed E-state index contributed by atoms with van der Waals surface area (Å²) in [6.45, 7) is 8.00. The average molecular weight is 395 g/mol. The van der Waals surface area contributed by atoms with Crippen molar-refractivity contribution in [1.29, 1.82) is 0 Å². The zero-order chi connectivity index (χ0) is 22.6. The van der Waals surface area contributed by atoms with Crippen LogP contribution in [0.3, 0.4) is 0 Å². The molecule has 1 N–H and O–H groups in total. The van der Waals surface area contributed by atoms with Crippen molar-refractivity contribution in [1.82, 2.24) is 0 Å². The summed E-state index contributed by atoms with van der Waals surface area (Å²) in [6.07, 6.45) is 1.01. The van der Waals surface area contributed by atoms with Crippen LogP contribution in [0.4, 0.5) is 4.79 Å². The van der Waals surface area contributed by atoms with Gasteiger partial charge < -0.3 is 14.6 Å². The highest BCUT2D eigenvalue weighted by Crippen LogP contribution is 1.92. The highest BCUT2D eigenvalue weighted by molar-refractivity contribution is 5.74. The van der Waals surface area contributed by atoms with Gasteiger partial charge in [-0.05, 0) is 0 Å². The molecule has 0 spiro atoms. The second-order valence-electron chi connectivity index (χ2n) is 3.72. The van der Waals surface area contributed by atoms with E-state index >= 15 is 0 Å². The molecule has 158 valence electrons. The fraction of sp³-hybridized carbons (Fsp3) is 0.318. The molecule has 2 aromatic carbocycles. The molecule has 28 heavy (non-hydrogen) atoms. The van der Waals surface area contributed by atoms with Crippen molar-refractivity contribution < 1.29 is 29.0 Å². The molecule has 6 heteroatoms. The van der Waals surface area contributed by atoms with Gasteiger partial charge in [0.1, 0.15) is 12.6 Å². The van der Waals surface area contributed by atoms with E-state index in [1.54, 1.807) is 24.3 Å². The van der Waals surface area contributed by atoms with Gasteiger partial charge in [-0.2, -0.15) is 0 Å². The lowest BCUT2D eigenvalue weighted by atomic mass is 10.2. The van der Waals surface area contributed by atoms with Gasteiger partial charge in [0, 0.05) is 18.2 Å². The number of hydrogen-bond acceptors (Lipinski definition) is 6. The van der Waals surface area contributed by atoms with E-state index in [4.69, 9.17) is 5.11 Å². The van der Waals surface area contributed by atoms with Gasteiger partial charge in [0.05, 0.1) is 14.2 Å². The number of methoxy groups -OCH3 is 2. The van der Waals surface area contributed by atoms with Crippen LogP contribution in [0.2, 0.25) is 0 Å². The van der Waals surface area contributed by atoms with Gasteiger partial charge in [0.2, 0.25) is 0 Å². The molecular weight excluding hydrogens is 360 g/mol. The number of carbonyl (C=O) groups excluding carboxylic acids is 3. The van der Waals surface area contributed by atoms with Crippen LogP contribution in [0.15, 0.2) is 60.7 Å². The first kappa shape index (κ1) is 32.7. The molecule has 0 aliphatic heterocycles. The molecule has 0 aromatic heterocycles. The Balaban J connectivity index is -0.000000137. The Hall–Kier alpha value is -2.99. The van der Waals surface area contributed by atoms with Gasteiger partial charge in [-0.1, -0.05) is 88.4 Å². The van der Waals surface area contributed by atoms with Crippen molar-refractivity contribution in [2.75, 3.05) is 21.3 Å². The highest BCUT2D eigenvalue weighted by Gasteiger charge is 1.88. The second-order valence-corrected chi connectivity index (χ2v) is 3.72. The van der Waals surface area contributed by atoms with Gasteiger partial charge in [-0.25, -0.2) is 4.79 Å². The molecule has 2 rings (SSSR count). The monoisotopic (exact) mass is 394 g/mol. The van der Waals surface area contributed by atoms with Crippen molar-refractivity contribution in [2.24, 2.45) is 0 Å². The summed E-state index contributed by atoms with van der Waals surface area (Å²) in [5.74, 6) is 0. The molecule has 0 atom stereocenters. The van der Waals surface area contributed by atoms with Crippen molar-refractivity contribution in [3.63, 3.8) is 0 Å². The van der Waals surface area contributed by atoms with E-state index in [1.807, 2.05) is 64.1 Å². The van der Waals surface area contributed by atoms with Crippen LogP contribution in [0.25, 0.3) is 0 Å². The van der Waals surface area contributed by atoms with E-state index in [0.29, 0.717) is 0 Å². The molecule has 6 nitrogen and oxygen atoms in total. The number of aliphatic hydroxyl groups is 1. The molecule has 0 aliphatic rings. The summed E-state index contributed by atoms with van der Waals surface area (Å²) in [5.41, 5.74) is 1.46. The molecule has 0 heterocycles. The standard InChI is InChI=1S/2C7H6O.C3H6O3.2C2H6.CH4O/c2*8-6-7-4-2-1-3-5-7;1-5-3(4)6-2;3*1-2/h2*1-6H;1-2H3;2*1-2H3;2H,1H3. The van der Waals surface area contributed by atoms with E-state index in [0.717, 1.165) is 30.8 Å². The van der Waals surface area contributed by atoms with Crippen molar-refractivity contribution in [3.05, 3.63) is 71.8 Å². The third kappa shape index (κ3) is 25.3. The van der Waals surface area contributed by atoms with E-state index in [2.05, 4.69) is 9.47 Å². The van der Waals surface area contributed by atoms with E-state index < -0.39 is 6.16 Å². The van der Waals surface area contributed by atoms with E-state index in [9.17, 15) is 14.4 Å². The van der Waals surface area contributed by atoms with Crippen LogP contribution in [-0.4, -0.2) is 45.2 Å². The zero-order valence-electron chi connectivity index (χ0n) is 17.9. The topological polar surface area (TPSA) is 89.9 Å². The third-order valence-electron chi connectivity index (χ3n) is 2.20. The first-order valence-corrected chi connectivity index (χ1v) is 8.75. The van der Waals surface area contributed by atoms with Crippen LogP contribution in [0.5, 0.6) is 0 Å². The predicted octanol–water partition coefficient (Wildman–Crippen LogP) is 5.06. The largest absolute Gasteiger partial charge is 0.507 e. The first-order valence-electron chi connectivity index (χ1n) is 8.75. The normalized spacial score (nSPS) is 7.00. The fourth-order valence-corrected chi connectivity index (χ4v) is 1.15. The molecule has 0 saturated carbocycles. The Labute approximate surface area is 169 Å². The molecule has 0 amide bonds. The number of rotatable bonds is 2. The van der Waals surface area contributed by atoms with Crippen LogP contribution in [0, 0.1) is 0 Å².